The molecule has 0 saturated heterocycles. The van der Waals surface area contributed by atoms with Crippen LogP contribution < -0.4 is 5.73 Å². The number of fused-ring (bicyclic) bond motifs is 3. The lowest BCUT2D eigenvalue weighted by molar-refractivity contribution is 0.961. The third kappa shape index (κ3) is 1.28. The van der Waals surface area contributed by atoms with Crippen molar-refractivity contribution >= 4 is 28.0 Å². The maximum absolute atomic E-state index is 5.85. The molecule has 2 aromatic heterocycles. The summed E-state index contributed by atoms with van der Waals surface area (Å²) in [5.41, 5.74) is 11.4. The van der Waals surface area contributed by atoms with Crippen LogP contribution in [0.3, 0.4) is 0 Å². The SMILES string of the molecule is Cc1cnc2c(cc(C)c3c2nc(N)n3C)n1. The molecule has 5 heteroatoms. The van der Waals surface area contributed by atoms with Gasteiger partial charge in [-0.3, -0.25) is 4.98 Å². The molecule has 2 heterocycles. The van der Waals surface area contributed by atoms with Gasteiger partial charge in [0.15, 0.2) is 0 Å². The van der Waals surface area contributed by atoms with Gasteiger partial charge in [-0.2, -0.15) is 0 Å². The number of aromatic nitrogens is 4. The van der Waals surface area contributed by atoms with Crippen molar-refractivity contribution in [1.29, 1.82) is 0 Å². The van der Waals surface area contributed by atoms with Crippen molar-refractivity contribution in [2.75, 3.05) is 5.73 Å². The lowest BCUT2D eigenvalue weighted by Crippen LogP contribution is -1.97. The van der Waals surface area contributed by atoms with Crippen LogP contribution in [0.2, 0.25) is 0 Å². The largest absolute Gasteiger partial charge is 0.369 e. The lowest BCUT2D eigenvalue weighted by atomic mass is 10.1. The van der Waals surface area contributed by atoms with E-state index in [1.54, 1.807) is 6.20 Å². The van der Waals surface area contributed by atoms with Crippen LogP contribution in [0.15, 0.2) is 12.3 Å². The zero-order valence-corrected chi connectivity index (χ0v) is 10.0. The Balaban J connectivity index is 2.60. The first kappa shape index (κ1) is 10.0. The summed E-state index contributed by atoms with van der Waals surface area (Å²) < 4.78 is 1.88. The molecule has 0 fully saturated rings. The zero-order valence-electron chi connectivity index (χ0n) is 10.0. The van der Waals surface area contributed by atoms with Crippen molar-refractivity contribution < 1.29 is 0 Å². The molecule has 3 aromatic rings. The molecule has 0 bridgehead atoms. The van der Waals surface area contributed by atoms with E-state index in [1.165, 1.54) is 0 Å². The molecule has 17 heavy (non-hydrogen) atoms. The first-order valence-corrected chi connectivity index (χ1v) is 5.43. The van der Waals surface area contributed by atoms with E-state index in [2.05, 4.69) is 15.0 Å². The zero-order chi connectivity index (χ0) is 12.2. The average molecular weight is 227 g/mol. The molecule has 1 aromatic carbocycles. The van der Waals surface area contributed by atoms with Gasteiger partial charge >= 0.3 is 0 Å². The second-order valence-corrected chi connectivity index (χ2v) is 4.30. The van der Waals surface area contributed by atoms with Crippen molar-refractivity contribution in [3.63, 3.8) is 0 Å². The number of hydrogen-bond donors (Lipinski definition) is 1. The summed E-state index contributed by atoms with van der Waals surface area (Å²) in [6.07, 6.45) is 1.75. The second-order valence-electron chi connectivity index (χ2n) is 4.30. The van der Waals surface area contributed by atoms with Crippen LogP contribution in [-0.4, -0.2) is 19.5 Å². The first-order chi connectivity index (χ1) is 8.08. The summed E-state index contributed by atoms with van der Waals surface area (Å²) >= 11 is 0. The van der Waals surface area contributed by atoms with Gasteiger partial charge in [0.25, 0.3) is 0 Å². The fourth-order valence-corrected chi connectivity index (χ4v) is 2.18. The number of benzene rings is 1. The topological polar surface area (TPSA) is 69.6 Å². The van der Waals surface area contributed by atoms with E-state index in [1.807, 2.05) is 31.5 Å². The number of hydrogen-bond acceptors (Lipinski definition) is 4. The average Bonchev–Trinajstić information content (AvgIpc) is 2.55. The maximum Gasteiger partial charge on any atom is 0.201 e. The lowest BCUT2D eigenvalue weighted by Gasteiger charge is -2.03. The minimum absolute atomic E-state index is 0.498. The van der Waals surface area contributed by atoms with Crippen molar-refractivity contribution in [2.24, 2.45) is 7.05 Å². The van der Waals surface area contributed by atoms with E-state index in [4.69, 9.17) is 5.73 Å². The van der Waals surface area contributed by atoms with Crippen LogP contribution >= 0.6 is 0 Å². The van der Waals surface area contributed by atoms with E-state index in [-0.39, 0.29) is 0 Å². The predicted octanol–water partition coefficient (Wildman–Crippen LogP) is 1.72. The summed E-state index contributed by atoms with van der Waals surface area (Å²) in [4.78, 5) is 13.3. The van der Waals surface area contributed by atoms with Crippen molar-refractivity contribution in [1.82, 2.24) is 19.5 Å². The third-order valence-corrected chi connectivity index (χ3v) is 3.00. The predicted molar refractivity (Wildman–Crippen MR) is 67.7 cm³/mol. The molecule has 0 amide bonds. The Morgan fingerprint density at radius 3 is 2.71 bits per heavy atom. The van der Waals surface area contributed by atoms with Crippen molar-refractivity contribution in [3.8, 4) is 0 Å². The molecule has 0 spiro atoms. The highest BCUT2D eigenvalue weighted by Crippen LogP contribution is 2.26. The van der Waals surface area contributed by atoms with Gasteiger partial charge in [0, 0.05) is 13.2 Å². The Hall–Kier alpha value is -2.17. The minimum atomic E-state index is 0.498. The van der Waals surface area contributed by atoms with Crippen molar-refractivity contribution in [3.05, 3.63) is 23.5 Å². The van der Waals surface area contributed by atoms with Gasteiger partial charge in [-0.25, -0.2) is 9.97 Å². The van der Waals surface area contributed by atoms with Gasteiger partial charge in [0.05, 0.1) is 16.7 Å². The van der Waals surface area contributed by atoms with Gasteiger partial charge in [-0.05, 0) is 25.5 Å². The monoisotopic (exact) mass is 227 g/mol. The van der Waals surface area contributed by atoms with Crippen molar-refractivity contribution in [2.45, 2.75) is 13.8 Å². The smallest absolute Gasteiger partial charge is 0.201 e. The van der Waals surface area contributed by atoms with Gasteiger partial charge in [0.2, 0.25) is 5.95 Å². The molecule has 0 saturated carbocycles. The van der Waals surface area contributed by atoms with E-state index in [0.717, 1.165) is 33.3 Å². The van der Waals surface area contributed by atoms with Crippen LogP contribution in [0, 0.1) is 13.8 Å². The van der Waals surface area contributed by atoms with E-state index in [0.29, 0.717) is 5.95 Å². The van der Waals surface area contributed by atoms with Gasteiger partial charge < -0.3 is 10.3 Å². The number of rotatable bonds is 0. The molecule has 5 nitrogen and oxygen atoms in total. The molecule has 0 aliphatic rings. The highest BCUT2D eigenvalue weighted by Gasteiger charge is 2.13. The fraction of sp³-hybridized carbons (Fsp3) is 0.250. The van der Waals surface area contributed by atoms with Crippen LogP contribution in [0.4, 0.5) is 5.95 Å². The molecular formula is C12H13N5. The number of nitrogens with zero attached hydrogens (tertiary/aromatic N) is 4. The molecule has 0 radical (unpaired) electrons. The Labute approximate surface area is 98.3 Å². The highest BCUT2D eigenvalue weighted by molar-refractivity contribution is 6.02. The number of anilines is 1. The normalized spacial score (nSPS) is 11.5. The van der Waals surface area contributed by atoms with E-state index >= 15 is 0 Å². The third-order valence-electron chi connectivity index (χ3n) is 3.00. The van der Waals surface area contributed by atoms with Crippen LogP contribution in [-0.2, 0) is 7.05 Å². The maximum atomic E-state index is 5.85. The van der Waals surface area contributed by atoms with E-state index in [9.17, 15) is 0 Å². The van der Waals surface area contributed by atoms with Crippen LogP contribution in [0.25, 0.3) is 22.1 Å². The molecular weight excluding hydrogens is 214 g/mol. The molecule has 86 valence electrons. The summed E-state index contributed by atoms with van der Waals surface area (Å²) in [5, 5.41) is 0. The standard InChI is InChI=1S/C12H13N5/c1-6-4-8-9(14-5-7(2)15-8)10-11(6)17(3)12(13)16-10/h4-5H,1-3H3,(H2,13,16). The Kier molecular flexibility index (Phi) is 1.86. The van der Waals surface area contributed by atoms with Crippen LogP contribution in [0.5, 0.6) is 0 Å². The summed E-state index contributed by atoms with van der Waals surface area (Å²) in [6.45, 7) is 3.96. The number of nitrogens with two attached hydrogens (primary N) is 1. The quantitative estimate of drug-likeness (QED) is 0.634. The number of nitrogen functional groups attached to an aromatic ring is 1. The molecule has 0 unspecified atom stereocenters. The summed E-state index contributed by atoms with van der Waals surface area (Å²) in [7, 11) is 1.91. The highest BCUT2D eigenvalue weighted by atomic mass is 15.1. The molecule has 2 N–H and O–H groups in total. The van der Waals surface area contributed by atoms with Gasteiger partial charge in [0.1, 0.15) is 11.0 Å². The fourth-order valence-electron chi connectivity index (χ4n) is 2.18. The van der Waals surface area contributed by atoms with E-state index < -0.39 is 0 Å². The molecule has 0 atom stereocenters. The summed E-state index contributed by atoms with van der Waals surface area (Å²) in [5.74, 6) is 0.498. The van der Waals surface area contributed by atoms with Crippen LogP contribution in [0.1, 0.15) is 11.3 Å². The summed E-state index contributed by atoms with van der Waals surface area (Å²) in [6, 6.07) is 2.03. The Morgan fingerprint density at radius 1 is 1.18 bits per heavy atom. The van der Waals surface area contributed by atoms with Gasteiger partial charge in [-0.1, -0.05) is 0 Å². The van der Waals surface area contributed by atoms with Gasteiger partial charge in [-0.15, -0.1) is 0 Å². The number of aryl methyl sites for hydroxylation is 3. The first-order valence-electron chi connectivity index (χ1n) is 5.43. The molecule has 0 aliphatic heterocycles. The minimum Gasteiger partial charge on any atom is -0.369 e. The Morgan fingerprint density at radius 2 is 1.94 bits per heavy atom. The molecule has 0 aliphatic carbocycles. The molecule has 3 rings (SSSR count). The number of imidazole rings is 1. The second kappa shape index (κ2) is 3.16. The Bertz CT molecular complexity index is 742.